The summed E-state index contributed by atoms with van der Waals surface area (Å²) < 4.78 is 12.6. The van der Waals surface area contributed by atoms with Gasteiger partial charge < -0.3 is 14.3 Å². The molecule has 0 aliphatic carbocycles. The molecule has 1 N–H and O–H groups in total. The van der Waals surface area contributed by atoms with Crippen molar-refractivity contribution in [3.8, 4) is 22.9 Å². The Hall–Kier alpha value is -3.28. The molecule has 3 heterocycles. The average molecular weight is 307 g/mol. The van der Waals surface area contributed by atoms with Crippen molar-refractivity contribution in [2.45, 2.75) is 6.61 Å². The Balaban J connectivity index is 1.67. The van der Waals surface area contributed by atoms with E-state index in [-0.39, 0.29) is 5.75 Å². The van der Waals surface area contributed by atoms with E-state index in [1.165, 1.54) is 0 Å². The third-order valence-corrected chi connectivity index (χ3v) is 3.44. The normalized spacial score (nSPS) is 11.0. The zero-order chi connectivity index (χ0) is 15.6. The van der Waals surface area contributed by atoms with Gasteiger partial charge in [-0.25, -0.2) is 9.50 Å². The first-order chi connectivity index (χ1) is 11.3. The fraction of sp³-hybridized carbons (Fsp3) is 0.0588. The maximum absolute atomic E-state index is 9.41. The molecule has 0 radical (unpaired) electrons. The van der Waals surface area contributed by atoms with Crippen LogP contribution < -0.4 is 4.74 Å². The van der Waals surface area contributed by atoms with Gasteiger partial charge in [-0.1, -0.05) is 0 Å². The second kappa shape index (κ2) is 5.49. The van der Waals surface area contributed by atoms with Crippen LogP contribution >= 0.6 is 0 Å². The van der Waals surface area contributed by atoms with Crippen molar-refractivity contribution in [2.75, 3.05) is 0 Å². The molecule has 0 bridgehead atoms. The van der Waals surface area contributed by atoms with Crippen molar-refractivity contribution in [3.63, 3.8) is 0 Å². The highest BCUT2D eigenvalue weighted by Gasteiger charge is 2.09. The Labute approximate surface area is 131 Å². The Bertz CT molecular complexity index is 928. The van der Waals surface area contributed by atoms with Gasteiger partial charge in [0.25, 0.3) is 0 Å². The van der Waals surface area contributed by atoms with E-state index < -0.39 is 0 Å². The quantitative estimate of drug-likeness (QED) is 0.626. The van der Waals surface area contributed by atoms with Crippen LogP contribution in [0.25, 0.3) is 16.9 Å². The summed E-state index contributed by atoms with van der Waals surface area (Å²) in [6, 6.07) is 14.2. The summed E-state index contributed by atoms with van der Waals surface area (Å²) in [6.45, 7) is 0.314. The molecule has 0 spiro atoms. The van der Waals surface area contributed by atoms with Gasteiger partial charge in [0.15, 0.2) is 5.65 Å². The second-order valence-corrected chi connectivity index (χ2v) is 5.00. The Morgan fingerprint density at radius 1 is 1.09 bits per heavy atom. The van der Waals surface area contributed by atoms with Gasteiger partial charge in [0.05, 0.1) is 18.2 Å². The summed E-state index contributed by atoms with van der Waals surface area (Å²) in [7, 11) is 0. The lowest BCUT2D eigenvalue weighted by Gasteiger charge is -2.05. The molecule has 0 aliphatic rings. The summed E-state index contributed by atoms with van der Waals surface area (Å²) in [5.74, 6) is 1.43. The zero-order valence-corrected chi connectivity index (χ0v) is 12.1. The lowest BCUT2D eigenvalue weighted by Crippen LogP contribution is -2.00. The van der Waals surface area contributed by atoms with E-state index in [0.717, 1.165) is 22.7 Å². The van der Waals surface area contributed by atoms with E-state index >= 15 is 0 Å². The van der Waals surface area contributed by atoms with E-state index in [0.29, 0.717) is 12.5 Å². The minimum absolute atomic E-state index is 0.220. The summed E-state index contributed by atoms with van der Waals surface area (Å²) in [5, 5.41) is 13.9. The summed E-state index contributed by atoms with van der Waals surface area (Å²) >= 11 is 0. The minimum Gasteiger partial charge on any atom is -0.508 e. The lowest BCUT2D eigenvalue weighted by atomic mass is 10.2. The molecule has 6 nitrogen and oxygen atoms in total. The van der Waals surface area contributed by atoms with Crippen LogP contribution in [-0.2, 0) is 6.61 Å². The average Bonchev–Trinajstić information content (AvgIpc) is 3.23. The molecular weight excluding hydrogens is 294 g/mol. The van der Waals surface area contributed by atoms with Crippen LogP contribution in [0.1, 0.15) is 5.76 Å². The van der Waals surface area contributed by atoms with Gasteiger partial charge in [-0.2, -0.15) is 0 Å². The van der Waals surface area contributed by atoms with Crippen LogP contribution in [0, 0.1) is 0 Å². The standard InChI is InChI=1S/C17H13N3O3/c21-13-5-3-12(4-6-13)15-10-18-16-7-8-17(19-20(15)16)23-11-14-2-1-9-22-14/h1-10,21H,11H2. The first-order valence-corrected chi connectivity index (χ1v) is 7.09. The fourth-order valence-electron chi connectivity index (χ4n) is 2.30. The molecule has 4 rings (SSSR count). The lowest BCUT2D eigenvalue weighted by molar-refractivity contribution is 0.257. The number of phenolic OH excluding ortho intramolecular Hbond substituents is 1. The van der Waals surface area contributed by atoms with Gasteiger partial charge >= 0.3 is 0 Å². The number of aromatic nitrogens is 3. The molecule has 0 amide bonds. The van der Waals surface area contributed by atoms with E-state index in [1.807, 2.05) is 30.3 Å². The molecule has 0 aliphatic heterocycles. The summed E-state index contributed by atoms with van der Waals surface area (Å²) in [6.07, 6.45) is 3.35. The first-order valence-electron chi connectivity index (χ1n) is 7.09. The topological polar surface area (TPSA) is 72.8 Å². The van der Waals surface area contributed by atoms with Crippen molar-refractivity contribution in [3.05, 3.63) is 66.8 Å². The molecule has 3 aromatic heterocycles. The largest absolute Gasteiger partial charge is 0.508 e. The molecule has 114 valence electrons. The Kier molecular flexibility index (Phi) is 3.20. The molecule has 0 atom stereocenters. The maximum atomic E-state index is 9.41. The molecule has 0 unspecified atom stereocenters. The molecule has 23 heavy (non-hydrogen) atoms. The SMILES string of the molecule is Oc1ccc(-c2cnc3ccc(OCc4ccco4)nn23)cc1. The van der Waals surface area contributed by atoms with Gasteiger partial charge in [0.2, 0.25) is 5.88 Å². The predicted molar refractivity (Wildman–Crippen MR) is 83.1 cm³/mol. The summed E-state index contributed by atoms with van der Waals surface area (Å²) in [5.41, 5.74) is 2.45. The van der Waals surface area contributed by atoms with Crippen molar-refractivity contribution >= 4 is 5.65 Å². The zero-order valence-electron chi connectivity index (χ0n) is 12.1. The highest BCUT2D eigenvalue weighted by Crippen LogP contribution is 2.23. The summed E-state index contributed by atoms with van der Waals surface area (Å²) in [4.78, 5) is 4.33. The number of hydrogen-bond donors (Lipinski definition) is 1. The number of fused-ring (bicyclic) bond motifs is 1. The third-order valence-electron chi connectivity index (χ3n) is 3.44. The van der Waals surface area contributed by atoms with E-state index in [1.54, 1.807) is 35.2 Å². The van der Waals surface area contributed by atoms with Crippen molar-refractivity contribution < 1.29 is 14.3 Å². The van der Waals surface area contributed by atoms with Gasteiger partial charge in [-0.15, -0.1) is 5.10 Å². The number of aromatic hydroxyl groups is 1. The van der Waals surface area contributed by atoms with E-state index in [2.05, 4.69) is 10.1 Å². The van der Waals surface area contributed by atoms with Gasteiger partial charge in [0.1, 0.15) is 18.1 Å². The highest BCUT2D eigenvalue weighted by atomic mass is 16.5. The minimum atomic E-state index is 0.220. The number of nitrogens with zero attached hydrogens (tertiary/aromatic N) is 3. The Morgan fingerprint density at radius 3 is 2.74 bits per heavy atom. The maximum Gasteiger partial charge on any atom is 0.232 e. The van der Waals surface area contributed by atoms with Crippen LogP contribution in [0.4, 0.5) is 0 Å². The smallest absolute Gasteiger partial charge is 0.232 e. The monoisotopic (exact) mass is 307 g/mol. The predicted octanol–water partition coefficient (Wildman–Crippen LogP) is 3.27. The molecule has 4 aromatic rings. The first kappa shape index (κ1) is 13.4. The Morgan fingerprint density at radius 2 is 1.96 bits per heavy atom. The van der Waals surface area contributed by atoms with E-state index in [4.69, 9.17) is 9.15 Å². The van der Waals surface area contributed by atoms with Crippen LogP contribution in [0.2, 0.25) is 0 Å². The van der Waals surface area contributed by atoms with Crippen molar-refractivity contribution in [1.82, 2.24) is 14.6 Å². The van der Waals surface area contributed by atoms with Gasteiger partial charge in [-0.05, 0) is 42.5 Å². The molecule has 1 aromatic carbocycles. The van der Waals surface area contributed by atoms with Crippen molar-refractivity contribution in [1.29, 1.82) is 0 Å². The number of ether oxygens (including phenoxy) is 1. The van der Waals surface area contributed by atoms with Crippen LogP contribution in [0.15, 0.2) is 65.4 Å². The number of rotatable bonds is 4. The third kappa shape index (κ3) is 2.62. The number of hydrogen-bond acceptors (Lipinski definition) is 5. The van der Waals surface area contributed by atoms with Crippen molar-refractivity contribution in [2.24, 2.45) is 0 Å². The van der Waals surface area contributed by atoms with Crippen LogP contribution in [0.3, 0.4) is 0 Å². The second-order valence-electron chi connectivity index (χ2n) is 5.00. The molecule has 6 heteroatoms. The van der Waals surface area contributed by atoms with Gasteiger partial charge in [-0.3, -0.25) is 0 Å². The molecule has 0 saturated carbocycles. The van der Waals surface area contributed by atoms with E-state index in [9.17, 15) is 5.11 Å². The number of furan rings is 1. The fourth-order valence-corrected chi connectivity index (χ4v) is 2.30. The molecule has 0 saturated heterocycles. The van der Waals surface area contributed by atoms with Crippen LogP contribution in [-0.4, -0.2) is 19.7 Å². The number of benzene rings is 1. The number of phenols is 1. The number of imidazole rings is 1. The van der Waals surface area contributed by atoms with Gasteiger partial charge in [0, 0.05) is 11.6 Å². The molecule has 0 fully saturated rings. The highest BCUT2D eigenvalue weighted by molar-refractivity contribution is 5.63. The molecular formula is C17H13N3O3. The van der Waals surface area contributed by atoms with Crippen LogP contribution in [0.5, 0.6) is 11.6 Å².